The van der Waals surface area contributed by atoms with Gasteiger partial charge in [0.1, 0.15) is 4.90 Å². The molecule has 0 radical (unpaired) electrons. The van der Waals surface area contributed by atoms with E-state index in [9.17, 15) is 8.42 Å². The second-order valence-corrected chi connectivity index (χ2v) is 8.04. The van der Waals surface area contributed by atoms with E-state index in [1.807, 2.05) is 42.5 Å². The average molecular weight is 414 g/mol. The van der Waals surface area contributed by atoms with Crippen LogP contribution < -0.4 is 4.72 Å². The molecular weight excluding hydrogens is 402 g/mol. The van der Waals surface area contributed by atoms with Gasteiger partial charge < -0.3 is 0 Å². The molecule has 4 aromatic rings. The standard InChI is InChI=1S/C18H12BrN3O2S/c19-16-6-3-5-13-8-14(10-21-18(13)16)22-25(23,24)15-9-12-4-1-2-7-17(12)20-11-15/h1-11,22H. The van der Waals surface area contributed by atoms with Crippen LogP contribution in [0.5, 0.6) is 0 Å². The predicted molar refractivity (Wildman–Crippen MR) is 102 cm³/mol. The van der Waals surface area contributed by atoms with Gasteiger partial charge in [-0.2, -0.15) is 0 Å². The van der Waals surface area contributed by atoms with Crippen LogP contribution in [0.3, 0.4) is 0 Å². The maximum atomic E-state index is 12.7. The number of nitrogens with zero attached hydrogens (tertiary/aromatic N) is 2. The van der Waals surface area contributed by atoms with E-state index in [1.54, 1.807) is 12.1 Å². The van der Waals surface area contributed by atoms with Crippen LogP contribution in [-0.2, 0) is 10.0 Å². The molecule has 2 aromatic carbocycles. The van der Waals surface area contributed by atoms with Crippen molar-refractivity contribution in [2.75, 3.05) is 4.72 Å². The van der Waals surface area contributed by atoms with Gasteiger partial charge in [0.05, 0.1) is 22.9 Å². The minimum Gasteiger partial charge on any atom is -0.278 e. The molecule has 0 saturated heterocycles. The first-order valence-electron chi connectivity index (χ1n) is 7.45. The lowest BCUT2D eigenvalue weighted by atomic mass is 10.2. The van der Waals surface area contributed by atoms with E-state index >= 15 is 0 Å². The van der Waals surface area contributed by atoms with E-state index in [-0.39, 0.29) is 4.90 Å². The van der Waals surface area contributed by atoms with Crippen LogP contribution in [0.1, 0.15) is 0 Å². The molecule has 0 amide bonds. The molecule has 5 nitrogen and oxygen atoms in total. The summed E-state index contributed by atoms with van der Waals surface area (Å²) in [7, 11) is -3.75. The van der Waals surface area contributed by atoms with Crippen LogP contribution in [-0.4, -0.2) is 18.4 Å². The van der Waals surface area contributed by atoms with E-state index in [1.165, 1.54) is 12.4 Å². The molecule has 0 aliphatic rings. The highest BCUT2D eigenvalue weighted by atomic mass is 79.9. The second-order valence-electron chi connectivity index (χ2n) is 5.50. The number of aromatic nitrogens is 2. The van der Waals surface area contributed by atoms with Gasteiger partial charge in [-0.15, -0.1) is 0 Å². The highest BCUT2D eigenvalue weighted by Gasteiger charge is 2.16. The van der Waals surface area contributed by atoms with Crippen molar-refractivity contribution in [3.8, 4) is 0 Å². The molecule has 7 heteroatoms. The number of para-hydroxylation sites is 2. The topological polar surface area (TPSA) is 72.0 Å². The zero-order valence-electron chi connectivity index (χ0n) is 12.8. The number of anilines is 1. The summed E-state index contributed by atoms with van der Waals surface area (Å²) in [4.78, 5) is 8.64. The lowest BCUT2D eigenvalue weighted by Gasteiger charge is -2.09. The predicted octanol–water partition coefficient (Wildman–Crippen LogP) is 4.35. The number of sulfonamides is 1. The van der Waals surface area contributed by atoms with Gasteiger partial charge in [-0.25, -0.2) is 8.42 Å². The van der Waals surface area contributed by atoms with Crippen LogP contribution in [0.4, 0.5) is 5.69 Å². The molecule has 25 heavy (non-hydrogen) atoms. The fourth-order valence-corrected chi connectivity index (χ4v) is 4.09. The molecular formula is C18H12BrN3O2S. The second kappa shape index (κ2) is 6.09. The fourth-order valence-electron chi connectivity index (χ4n) is 2.59. The highest BCUT2D eigenvalue weighted by Crippen LogP contribution is 2.25. The molecule has 124 valence electrons. The van der Waals surface area contributed by atoms with E-state index in [0.29, 0.717) is 5.69 Å². The number of fused-ring (bicyclic) bond motifs is 2. The Balaban J connectivity index is 1.72. The molecule has 0 unspecified atom stereocenters. The van der Waals surface area contributed by atoms with Crippen LogP contribution >= 0.6 is 15.9 Å². The van der Waals surface area contributed by atoms with Crippen molar-refractivity contribution in [1.29, 1.82) is 0 Å². The molecule has 0 atom stereocenters. The first-order chi connectivity index (χ1) is 12.0. The summed E-state index contributed by atoms with van der Waals surface area (Å²) in [6.45, 7) is 0. The molecule has 0 aliphatic carbocycles. The molecule has 0 bridgehead atoms. The summed E-state index contributed by atoms with van der Waals surface area (Å²) in [5.74, 6) is 0. The van der Waals surface area contributed by atoms with Gasteiger partial charge in [0.25, 0.3) is 10.0 Å². The zero-order valence-corrected chi connectivity index (χ0v) is 15.3. The lowest BCUT2D eigenvalue weighted by molar-refractivity contribution is 0.601. The molecule has 2 heterocycles. The normalized spacial score (nSPS) is 11.7. The summed E-state index contributed by atoms with van der Waals surface area (Å²) in [6, 6.07) is 16.4. The SMILES string of the molecule is O=S(=O)(Nc1cnc2c(Br)cccc2c1)c1cnc2ccccc2c1. The largest absolute Gasteiger partial charge is 0.278 e. The number of rotatable bonds is 3. The number of hydrogen-bond acceptors (Lipinski definition) is 4. The summed E-state index contributed by atoms with van der Waals surface area (Å²) >= 11 is 3.43. The van der Waals surface area contributed by atoms with Gasteiger partial charge in [-0.1, -0.05) is 30.3 Å². The summed E-state index contributed by atoms with van der Waals surface area (Å²) < 4.78 is 28.7. The number of halogens is 1. The van der Waals surface area contributed by atoms with E-state index in [0.717, 1.165) is 26.3 Å². The Hall–Kier alpha value is -2.51. The Morgan fingerprint density at radius 2 is 1.68 bits per heavy atom. The maximum absolute atomic E-state index is 12.7. The van der Waals surface area contributed by atoms with Crippen molar-refractivity contribution >= 4 is 53.4 Å². The van der Waals surface area contributed by atoms with E-state index < -0.39 is 10.0 Å². The summed E-state index contributed by atoms with van der Waals surface area (Å²) in [6.07, 6.45) is 2.86. The summed E-state index contributed by atoms with van der Waals surface area (Å²) in [5, 5.41) is 1.61. The van der Waals surface area contributed by atoms with Gasteiger partial charge in [-0.05, 0) is 40.2 Å². The van der Waals surface area contributed by atoms with Crippen molar-refractivity contribution < 1.29 is 8.42 Å². The van der Waals surface area contributed by atoms with Crippen LogP contribution in [0, 0.1) is 0 Å². The smallest absolute Gasteiger partial charge is 0.263 e. The Morgan fingerprint density at radius 1 is 0.880 bits per heavy atom. The van der Waals surface area contributed by atoms with Crippen LogP contribution in [0.25, 0.3) is 21.8 Å². The van der Waals surface area contributed by atoms with E-state index in [4.69, 9.17) is 0 Å². The maximum Gasteiger partial charge on any atom is 0.263 e. The number of pyridine rings is 2. The molecule has 0 saturated carbocycles. The third-order valence-electron chi connectivity index (χ3n) is 3.79. The number of hydrogen-bond donors (Lipinski definition) is 1. The van der Waals surface area contributed by atoms with Gasteiger partial charge in [0.2, 0.25) is 0 Å². The van der Waals surface area contributed by atoms with Crippen molar-refractivity contribution in [3.63, 3.8) is 0 Å². The highest BCUT2D eigenvalue weighted by molar-refractivity contribution is 9.10. The van der Waals surface area contributed by atoms with Gasteiger partial charge in [0, 0.05) is 21.4 Å². The van der Waals surface area contributed by atoms with E-state index in [2.05, 4.69) is 30.6 Å². The van der Waals surface area contributed by atoms with Gasteiger partial charge >= 0.3 is 0 Å². The van der Waals surface area contributed by atoms with Crippen LogP contribution in [0.2, 0.25) is 0 Å². The molecule has 1 N–H and O–H groups in total. The molecule has 0 aliphatic heterocycles. The van der Waals surface area contributed by atoms with Gasteiger partial charge in [-0.3, -0.25) is 14.7 Å². The van der Waals surface area contributed by atoms with Crippen molar-refractivity contribution in [3.05, 3.63) is 71.5 Å². The summed E-state index contributed by atoms with van der Waals surface area (Å²) in [5.41, 5.74) is 1.93. The zero-order chi connectivity index (χ0) is 17.4. The molecule has 0 spiro atoms. The lowest BCUT2D eigenvalue weighted by Crippen LogP contribution is -2.13. The van der Waals surface area contributed by atoms with Crippen molar-refractivity contribution in [2.24, 2.45) is 0 Å². The monoisotopic (exact) mass is 413 g/mol. The Labute approximate surface area is 152 Å². The third-order valence-corrected chi connectivity index (χ3v) is 5.78. The molecule has 2 aromatic heterocycles. The van der Waals surface area contributed by atoms with Crippen molar-refractivity contribution in [2.45, 2.75) is 4.90 Å². The van der Waals surface area contributed by atoms with Crippen LogP contribution in [0.15, 0.2) is 76.4 Å². The average Bonchev–Trinajstić information content (AvgIpc) is 2.61. The molecule has 0 fully saturated rings. The Kier molecular flexibility index (Phi) is 3.89. The van der Waals surface area contributed by atoms with Crippen molar-refractivity contribution in [1.82, 2.24) is 9.97 Å². The number of benzene rings is 2. The minimum atomic E-state index is -3.75. The Bertz CT molecular complexity index is 1210. The Morgan fingerprint density at radius 3 is 2.56 bits per heavy atom. The third kappa shape index (κ3) is 3.08. The fraction of sp³-hybridized carbons (Fsp3) is 0. The minimum absolute atomic E-state index is 0.112. The molecule has 4 rings (SSSR count). The first-order valence-corrected chi connectivity index (χ1v) is 9.72. The number of nitrogens with one attached hydrogen (secondary N) is 1. The first kappa shape index (κ1) is 16.0. The van der Waals surface area contributed by atoms with Gasteiger partial charge in [0.15, 0.2) is 0 Å². The quantitative estimate of drug-likeness (QED) is 0.541.